The summed E-state index contributed by atoms with van der Waals surface area (Å²) in [6.07, 6.45) is -4.42. The van der Waals surface area contributed by atoms with Gasteiger partial charge in [-0.25, -0.2) is 5.53 Å². The first-order chi connectivity index (χ1) is 13.3. The average Bonchev–Trinajstić information content (AvgIpc) is 2.73. The summed E-state index contributed by atoms with van der Waals surface area (Å²) >= 11 is 0. The zero-order valence-electron chi connectivity index (χ0n) is 16.1. The monoisotopic (exact) mass is 397 g/mol. The maximum absolute atomic E-state index is 12.5. The number of nitrogens with one attached hydrogen (secondary N) is 2. The molecule has 0 aliphatic rings. The lowest BCUT2D eigenvalue weighted by Crippen LogP contribution is -2.04. The SMILES string of the molecule is C=C.CC.CN.N=NC(=N)c1cc(N)ccc1Oc1ccc(C(F)(F)F)cc1. The molecule has 0 aliphatic heterocycles. The van der Waals surface area contributed by atoms with Gasteiger partial charge in [-0.2, -0.15) is 13.2 Å². The molecular weight excluding hydrogens is 371 g/mol. The molecule has 0 bridgehead atoms. The van der Waals surface area contributed by atoms with Crippen LogP contribution in [0.3, 0.4) is 0 Å². The Morgan fingerprint density at radius 3 is 1.96 bits per heavy atom. The molecule has 2 rings (SSSR count). The summed E-state index contributed by atoms with van der Waals surface area (Å²) in [4.78, 5) is 0. The van der Waals surface area contributed by atoms with E-state index in [2.05, 4.69) is 24.0 Å². The van der Waals surface area contributed by atoms with E-state index in [0.717, 1.165) is 12.1 Å². The second kappa shape index (κ2) is 13.9. The summed E-state index contributed by atoms with van der Waals surface area (Å²) in [5, 5.41) is 10.6. The Labute approximate surface area is 163 Å². The minimum Gasteiger partial charge on any atom is -0.457 e. The third-order valence-corrected chi connectivity index (χ3v) is 2.78. The molecule has 2 aromatic rings. The summed E-state index contributed by atoms with van der Waals surface area (Å²) in [7, 11) is 1.50. The van der Waals surface area contributed by atoms with Gasteiger partial charge < -0.3 is 16.2 Å². The van der Waals surface area contributed by atoms with Crippen LogP contribution in [0.5, 0.6) is 11.5 Å². The lowest BCUT2D eigenvalue weighted by atomic mass is 10.1. The Hall–Kier alpha value is -3.20. The van der Waals surface area contributed by atoms with E-state index in [9.17, 15) is 13.2 Å². The number of hydrogen-bond acceptors (Lipinski definition) is 5. The number of alkyl halides is 3. The number of amidine groups is 1. The molecule has 9 heteroatoms. The van der Waals surface area contributed by atoms with Crippen LogP contribution < -0.4 is 16.2 Å². The molecule has 0 heterocycles. The fourth-order valence-corrected chi connectivity index (χ4v) is 1.72. The van der Waals surface area contributed by atoms with E-state index in [4.69, 9.17) is 21.4 Å². The van der Waals surface area contributed by atoms with Gasteiger partial charge in [0.2, 0.25) is 0 Å². The number of benzene rings is 2. The van der Waals surface area contributed by atoms with Crippen LogP contribution in [0.2, 0.25) is 0 Å². The van der Waals surface area contributed by atoms with Crippen LogP contribution in [-0.4, -0.2) is 12.9 Å². The number of ether oxygens (including phenoxy) is 1. The summed E-state index contributed by atoms with van der Waals surface area (Å²) in [5.74, 6) is -0.0269. The van der Waals surface area contributed by atoms with Crippen molar-refractivity contribution in [3.05, 3.63) is 66.7 Å². The fourth-order valence-electron chi connectivity index (χ4n) is 1.72. The van der Waals surface area contributed by atoms with E-state index in [-0.39, 0.29) is 22.9 Å². The van der Waals surface area contributed by atoms with Crippen molar-refractivity contribution in [2.75, 3.05) is 12.8 Å². The first-order valence-electron chi connectivity index (χ1n) is 8.10. The van der Waals surface area contributed by atoms with Crippen LogP contribution in [-0.2, 0) is 6.18 Å². The lowest BCUT2D eigenvalue weighted by molar-refractivity contribution is -0.137. The van der Waals surface area contributed by atoms with E-state index in [1.807, 2.05) is 13.8 Å². The Morgan fingerprint density at radius 2 is 1.54 bits per heavy atom. The molecule has 0 aromatic heterocycles. The van der Waals surface area contributed by atoms with Gasteiger partial charge in [-0.3, -0.25) is 5.41 Å². The van der Waals surface area contributed by atoms with Gasteiger partial charge in [-0.15, -0.1) is 18.3 Å². The predicted octanol–water partition coefficient (Wildman–Crippen LogP) is 5.84. The normalized spacial score (nSPS) is 9.25. The Morgan fingerprint density at radius 1 is 1.04 bits per heavy atom. The molecule has 0 fully saturated rings. The van der Waals surface area contributed by atoms with Gasteiger partial charge in [-0.05, 0) is 49.5 Å². The molecule has 0 atom stereocenters. The molecule has 0 unspecified atom stereocenters. The number of rotatable bonds is 3. The van der Waals surface area contributed by atoms with Gasteiger partial charge >= 0.3 is 6.18 Å². The van der Waals surface area contributed by atoms with Gasteiger partial charge in [0.1, 0.15) is 11.5 Å². The predicted molar refractivity (Wildman–Crippen MR) is 107 cm³/mol. The largest absolute Gasteiger partial charge is 0.457 e. The number of hydrogen-bond donors (Lipinski definition) is 4. The maximum Gasteiger partial charge on any atom is 0.416 e. The topological polar surface area (TPSA) is 121 Å². The zero-order chi connectivity index (χ0) is 22.3. The molecule has 6 N–H and O–H groups in total. The zero-order valence-corrected chi connectivity index (χ0v) is 16.1. The number of nitrogens with two attached hydrogens (primary N) is 2. The van der Waals surface area contributed by atoms with Crippen molar-refractivity contribution < 1.29 is 17.9 Å². The molecule has 0 aliphatic carbocycles. The van der Waals surface area contributed by atoms with E-state index >= 15 is 0 Å². The minimum absolute atomic E-state index is 0.164. The smallest absolute Gasteiger partial charge is 0.416 e. The first-order valence-corrected chi connectivity index (χ1v) is 8.10. The Balaban J connectivity index is 0. The van der Waals surface area contributed by atoms with Crippen molar-refractivity contribution in [2.24, 2.45) is 10.8 Å². The minimum atomic E-state index is -4.42. The Bertz CT molecular complexity index is 731. The van der Waals surface area contributed by atoms with Crippen molar-refractivity contribution in [3.63, 3.8) is 0 Å². The van der Waals surface area contributed by atoms with E-state index in [1.54, 1.807) is 0 Å². The van der Waals surface area contributed by atoms with Gasteiger partial charge in [-0.1, -0.05) is 13.8 Å². The highest BCUT2D eigenvalue weighted by Gasteiger charge is 2.30. The van der Waals surface area contributed by atoms with Crippen LogP contribution in [0.15, 0.2) is 60.7 Å². The molecule has 0 saturated carbocycles. The average molecular weight is 397 g/mol. The van der Waals surface area contributed by atoms with E-state index in [1.165, 1.54) is 37.4 Å². The summed E-state index contributed by atoms with van der Waals surface area (Å²) in [6, 6.07) is 8.51. The van der Waals surface area contributed by atoms with Crippen LogP contribution in [0.1, 0.15) is 25.0 Å². The molecule has 0 radical (unpaired) electrons. The van der Waals surface area contributed by atoms with Crippen molar-refractivity contribution in [3.8, 4) is 11.5 Å². The van der Waals surface area contributed by atoms with Crippen LogP contribution in [0.4, 0.5) is 18.9 Å². The van der Waals surface area contributed by atoms with Crippen LogP contribution in [0, 0.1) is 10.9 Å². The van der Waals surface area contributed by atoms with Gasteiger partial charge in [0.15, 0.2) is 5.84 Å². The van der Waals surface area contributed by atoms with Crippen LogP contribution in [0.25, 0.3) is 0 Å². The standard InChI is InChI=1S/C14H11F3N4O.C2H6.C2H4.CH5N/c15-14(16,17)8-1-4-10(5-2-8)22-12-6-3-9(18)7-11(12)13(19)21-20;3*1-2/h1-7,19-20H,18H2;1-2H3;1-2H2;2H2,1H3. The fraction of sp³-hybridized carbons (Fsp3) is 0.211. The van der Waals surface area contributed by atoms with Crippen LogP contribution >= 0.6 is 0 Å². The first kappa shape index (κ1) is 27.0. The maximum atomic E-state index is 12.5. The van der Waals surface area contributed by atoms with Crippen molar-refractivity contribution >= 4 is 11.5 Å². The number of anilines is 1. The highest BCUT2D eigenvalue weighted by molar-refractivity contribution is 5.99. The highest BCUT2D eigenvalue weighted by atomic mass is 19.4. The summed E-state index contributed by atoms with van der Waals surface area (Å²) in [5.41, 5.74) is 16.7. The summed E-state index contributed by atoms with van der Waals surface area (Å²) in [6.45, 7) is 10.0. The van der Waals surface area contributed by atoms with Gasteiger partial charge in [0.25, 0.3) is 0 Å². The number of nitrogens with zero attached hydrogens (tertiary/aromatic N) is 1. The van der Waals surface area contributed by atoms with E-state index < -0.39 is 11.7 Å². The quantitative estimate of drug-likeness (QED) is 0.171. The number of halogens is 3. The molecule has 0 spiro atoms. The van der Waals surface area contributed by atoms with Crippen molar-refractivity contribution in [1.29, 1.82) is 10.9 Å². The molecule has 28 heavy (non-hydrogen) atoms. The third kappa shape index (κ3) is 8.45. The summed E-state index contributed by atoms with van der Waals surface area (Å²) < 4.78 is 42.9. The Kier molecular flexibility index (Phi) is 13.4. The van der Waals surface area contributed by atoms with Crippen molar-refractivity contribution in [1.82, 2.24) is 0 Å². The third-order valence-electron chi connectivity index (χ3n) is 2.78. The van der Waals surface area contributed by atoms with E-state index in [0.29, 0.717) is 5.69 Å². The lowest BCUT2D eigenvalue weighted by Gasteiger charge is -2.12. The molecule has 6 nitrogen and oxygen atoms in total. The highest BCUT2D eigenvalue weighted by Crippen LogP contribution is 2.32. The molecule has 0 amide bonds. The second-order valence-corrected chi connectivity index (χ2v) is 4.34. The van der Waals surface area contributed by atoms with Gasteiger partial charge in [0, 0.05) is 5.69 Å². The molecule has 154 valence electrons. The molecular formula is C19H26F3N5O. The molecule has 2 aromatic carbocycles. The number of nitrogen functional groups attached to an aromatic ring is 1. The van der Waals surface area contributed by atoms with Crippen molar-refractivity contribution in [2.45, 2.75) is 20.0 Å². The molecule has 0 saturated heterocycles. The van der Waals surface area contributed by atoms with Gasteiger partial charge in [0.05, 0.1) is 11.1 Å². The second-order valence-electron chi connectivity index (χ2n) is 4.34.